The number of benzene rings is 1. The maximum Gasteiger partial charge on any atom is 0.244 e. The van der Waals surface area contributed by atoms with Gasteiger partial charge in [0.15, 0.2) is 0 Å². The zero-order valence-corrected chi connectivity index (χ0v) is 16.0. The fourth-order valence-electron chi connectivity index (χ4n) is 2.50. The van der Waals surface area contributed by atoms with Crippen molar-refractivity contribution in [3.8, 4) is 22.8 Å². The molecule has 0 spiro atoms. The lowest BCUT2D eigenvalue weighted by Gasteiger charge is -2.12. The van der Waals surface area contributed by atoms with Crippen LogP contribution in [0.15, 0.2) is 53.8 Å². The molecule has 0 saturated heterocycles. The summed E-state index contributed by atoms with van der Waals surface area (Å²) in [6.45, 7) is 0.100. The Morgan fingerprint density at radius 3 is 2.52 bits per heavy atom. The number of ether oxygens (including phenoxy) is 2. The van der Waals surface area contributed by atoms with Crippen LogP contribution in [0.4, 0.5) is 0 Å². The molecule has 0 saturated carbocycles. The largest absolute Gasteiger partial charge is 0.497 e. The second-order valence-corrected chi connectivity index (χ2v) is 7.53. The molecule has 2 heterocycles. The van der Waals surface area contributed by atoms with Gasteiger partial charge in [-0.1, -0.05) is 6.07 Å². The van der Waals surface area contributed by atoms with E-state index in [0.29, 0.717) is 5.75 Å². The number of nitrogens with one attached hydrogen (secondary N) is 1. The molecule has 3 rings (SSSR count). The van der Waals surface area contributed by atoms with Gasteiger partial charge in [-0.2, -0.15) is 5.10 Å². The Morgan fingerprint density at radius 2 is 1.93 bits per heavy atom. The van der Waals surface area contributed by atoms with Crippen molar-refractivity contribution in [1.82, 2.24) is 19.5 Å². The molecule has 0 radical (unpaired) electrons. The fraction of sp³-hybridized carbons (Fsp3) is 0.222. The summed E-state index contributed by atoms with van der Waals surface area (Å²) in [5.74, 6) is 0.673. The molecule has 9 heteroatoms. The fourth-order valence-corrected chi connectivity index (χ4v) is 3.70. The molecule has 1 N–H and O–H groups in total. The maximum absolute atomic E-state index is 12.7. The summed E-state index contributed by atoms with van der Waals surface area (Å²) in [4.78, 5) is 4.38. The lowest BCUT2D eigenvalue weighted by molar-refractivity contribution is 0.392. The minimum atomic E-state index is -3.79. The van der Waals surface area contributed by atoms with E-state index in [1.165, 1.54) is 20.3 Å². The van der Waals surface area contributed by atoms with Crippen LogP contribution < -0.4 is 14.2 Å². The third-order valence-electron chi connectivity index (χ3n) is 3.95. The molecule has 0 unspecified atom stereocenters. The molecule has 27 heavy (non-hydrogen) atoms. The van der Waals surface area contributed by atoms with Gasteiger partial charge in [-0.15, -0.1) is 0 Å². The van der Waals surface area contributed by atoms with Gasteiger partial charge < -0.3 is 9.47 Å². The van der Waals surface area contributed by atoms with E-state index < -0.39 is 10.0 Å². The molecule has 0 amide bonds. The van der Waals surface area contributed by atoms with E-state index in [4.69, 9.17) is 9.47 Å². The predicted octanol–water partition coefficient (Wildman–Crippen LogP) is 1.98. The smallest absolute Gasteiger partial charge is 0.244 e. The van der Waals surface area contributed by atoms with E-state index in [-0.39, 0.29) is 17.2 Å². The number of methoxy groups -OCH3 is 2. The molecule has 3 aromatic rings. The van der Waals surface area contributed by atoms with Gasteiger partial charge in [0.05, 0.1) is 26.1 Å². The van der Waals surface area contributed by atoms with E-state index >= 15 is 0 Å². The van der Waals surface area contributed by atoms with Crippen molar-refractivity contribution in [3.05, 3.63) is 54.5 Å². The highest BCUT2D eigenvalue weighted by atomic mass is 32.2. The van der Waals surface area contributed by atoms with Crippen LogP contribution in [0.3, 0.4) is 0 Å². The normalized spacial score (nSPS) is 11.4. The van der Waals surface area contributed by atoms with Crippen molar-refractivity contribution in [2.45, 2.75) is 11.4 Å². The van der Waals surface area contributed by atoms with Gasteiger partial charge in [0.2, 0.25) is 10.0 Å². The van der Waals surface area contributed by atoms with E-state index in [9.17, 15) is 8.42 Å². The van der Waals surface area contributed by atoms with E-state index in [0.717, 1.165) is 16.8 Å². The van der Waals surface area contributed by atoms with Crippen molar-refractivity contribution < 1.29 is 17.9 Å². The molecular weight excluding hydrogens is 368 g/mol. The highest BCUT2D eigenvalue weighted by Crippen LogP contribution is 2.28. The zero-order valence-electron chi connectivity index (χ0n) is 15.2. The maximum atomic E-state index is 12.7. The van der Waals surface area contributed by atoms with Crippen LogP contribution in [0.25, 0.3) is 11.3 Å². The van der Waals surface area contributed by atoms with Crippen LogP contribution >= 0.6 is 0 Å². The van der Waals surface area contributed by atoms with Crippen LogP contribution in [-0.4, -0.2) is 37.4 Å². The Labute approximate surface area is 157 Å². The first kappa shape index (κ1) is 18.9. The SMILES string of the molecule is COc1ccc(OC)c(S(=O)(=O)NCc2ccc(-c3cnn(C)c3)nc2)c1. The lowest BCUT2D eigenvalue weighted by Crippen LogP contribution is -2.24. The first-order valence-electron chi connectivity index (χ1n) is 8.08. The van der Waals surface area contributed by atoms with Crippen molar-refractivity contribution in [1.29, 1.82) is 0 Å². The summed E-state index contributed by atoms with van der Waals surface area (Å²) in [5, 5.41) is 4.11. The quantitative estimate of drug-likeness (QED) is 0.665. The molecule has 0 aliphatic rings. The number of hydrogen-bond acceptors (Lipinski definition) is 6. The third-order valence-corrected chi connectivity index (χ3v) is 5.37. The van der Waals surface area contributed by atoms with Crippen LogP contribution in [0, 0.1) is 0 Å². The van der Waals surface area contributed by atoms with Crippen molar-refractivity contribution in [2.24, 2.45) is 7.05 Å². The van der Waals surface area contributed by atoms with Gasteiger partial charge >= 0.3 is 0 Å². The monoisotopic (exact) mass is 388 g/mol. The summed E-state index contributed by atoms with van der Waals surface area (Å²) in [6.07, 6.45) is 5.22. The molecule has 0 atom stereocenters. The van der Waals surface area contributed by atoms with Crippen molar-refractivity contribution in [2.75, 3.05) is 14.2 Å². The molecular formula is C18H20N4O4S. The summed E-state index contributed by atoms with van der Waals surface area (Å²) in [5.41, 5.74) is 2.39. The Bertz CT molecular complexity index is 1030. The minimum absolute atomic E-state index is 0.0179. The summed E-state index contributed by atoms with van der Waals surface area (Å²) >= 11 is 0. The van der Waals surface area contributed by atoms with Gasteiger partial charge in [-0.3, -0.25) is 9.67 Å². The zero-order chi connectivity index (χ0) is 19.4. The second kappa shape index (κ2) is 7.77. The Hall–Kier alpha value is -2.91. The van der Waals surface area contributed by atoms with Crippen LogP contribution in [0.5, 0.6) is 11.5 Å². The van der Waals surface area contributed by atoms with Crippen molar-refractivity contribution in [3.63, 3.8) is 0 Å². The van der Waals surface area contributed by atoms with Gasteiger partial charge in [0.25, 0.3) is 0 Å². The van der Waals surface area contributed by atoms with E-state index in [1.807, 2.05) is 25.4 Å². The highest BCUT2D eigenvalue weighted by molar-refractivity contribution is 7.89. The second-order valence-electron chi connectivity index (χ2n) is 5.80. The average Bonchev–Trinajstić information content (AvgIpc) is 3.12. The molecule has 0 fully saturated rings. The third kappa shape index (κ3) is 4.26. The molecule has 1 aromatic carbocycles. The van der Waals surface area contributed by atoms with Gasteiger partial charge in [-0.25, -0.2) is 13.1 Å². The number of nitrogens with zero attached hydrogens (tertiary/aromatic N) is 3. The Balaban J connectivity index is 1.76. The van der Waals surface area contributed by atoms with Gasteiger partial charge in [0, 0.05) is 37.6 Å². The van der Waals surface area contributed by atoms with Crippen molar-refractivity contribution >= 4 is 10.0 Å². The van der Waals surface area contributed by atoms with Gasteiger partial charge in [-0.05, 0) is 23.8 Å². The minimum Gasteiger partial charge on any atom is -0.497 e. The lowest BCUT2D eigenvalue weighted by atomic mass is 10.2. The van der Waals surface area contributed by atoms with Crippen LogP contribution in [-0.2, 0) is 23.6 Å². The molecule has 0 bridgehead atoms. The average molecular weight is 388 g/mol. The number of aryl methyl sites for hydroxylation is 1. The standard InChI is InChI=1S/C18H20N4O4S/c1-22-12-14(11-20-22)16-6-4-13(9-19-16)10-21-27(23,24)18-8-15(25-2)5-7-17(18)26-3/h4-9,11-12,21H,10H2,1-3H3. The number of sulfonamides is 1. The van der Waals surface area contributed by atoms with E-state index in [1.54, 1.807) is 29.2 Å². The number of pyridine rings is 1. The molecule has 0 aliphatic heterocycles. The first-order chi connectivity index (χ1) is 12.9. The highest BCUT2D eigenvalue weighted by Gasteiger charge is 2.20. The number of aromatic nitrogens is 3. The summed E-state index contributed by atoms with van der Waals surface area (Å²) < 4.78 is 39.8. The first-order valence-corrected chi connectivity index (χ1v) is 9.57. The number of rotatable bonds is 7. The predicted molar refractivity (Wildman–Crippen MR) is 100 cm³/mol. The Kier molecular flexibility index (Phi) is 5.43. The number of hydrogen-bond donors (Lipinski definition) is 1. The summed E-state index contributed by atoms with van der Waals surface area (Å²) in [6, 6.07) is 8.26. The molecule has 2 aromatic heterocycles. The Morgan fingerprint density at radius 1 is 1.11 bits per heavy atom. The summed E-state index contributed by atoms with van der Waals surface area (Å²) in [7, 11) is 0.936. The van der Waals surface area contributed by atoms with Crippen LogP contribution in [0.2, 0.25) is 0 Å². The van der Waals surface area contributed by atoms with E-state index in [2.05, 4.69) is 14.8 Å². The van der Waals surface area contributed by atoms with Gasteiger partial charge in [0.1, 0.15) is 16.4 Å². The topological polar surface area (TPSA) is 95.3 Å². The molecule has 142 valence electrons. The molecule has 0 aliphatic carbocycles. The van der Waals surface area contributed by atoms with Crippen LogP contribution in [0.1, 0.15) is 5.56 Å². The molecule has 8 nitrogen and oxygen atoms in total.